The fourth-order valence-corrected chi connectivity index (χ4v) is 5.88. The Labute approximate surface area is 295 Å². The number of likely N-dealkylation sites (tertiary alicyclic amines) is 1. The van der Waals surface area contributed by atoms with E-state index in [2.05, 4.69) is 21.3 Å². The Balaban J connectivity index is 1.35. The fourth-order valence-electron chi connectivity index (χ4n) is 5.88. The topological polar surface area (TPSA) is 289 Å². The molecule has 1 aliphatic carbocycles. The van der Waals surface area contributed by atoms with Crippen molar-refractivity contribution in [3.05, 3.63) is 59.2 Å². The molecule has 1 saturated heterocycles. The van der Waals surface area contributed by atoms with Gasteiger partial charge in [0.15, 0.2) is 0 Å². The normalized spacial score (nSPS) is 15.7. The van der Waals surface area contributed by atoms with E-state index in [4.69, 9.17) is 10.8 Å². The van der Waals surface area contributed by atoms with Gasteiger partial charge in [0.2, 0.25) is 41.1 Å². The number of benzene rings is 2. The van der Waals surface area contributed by atoms with Crippen LogP contribution in [-0.4, -0.2) is 112 Å². The number of fused-ring (bicyclic) bond motifs is 3. The van der Waals surface area contributed by atoms with Crippen LogP contribution in [0, 0.1) is 0 Å². The van der Waals surface area contributed by atoms with Crippen LogP contribution >= 0.6 is 0 Å². The molecule has 0 bridgehead atoms. The average molecular weight is 721 g/mol. The Kier molecular flexibility index (Phi) is 12.5. The van der Waals surface area contributed by atoms with Gasteiger partial charge in [0.25, 0.3) is 5.91 Å². The summed E-state index contributed by atoms with van der Waals surface area (Å²) in [6.45, 7) is -1.28. The molecule has 52 heavy (non-hydrogen) atoms. The van der Waals surface area contributed by atoms with Gasteiger partial charge in [0.1, 0.15) is 18.1 Å². The molecule has 3 atom stereocenters. The fraction of sp³-hybridized carbons (Fsp3) is 0.353. The maximum atomic E-state index is 13.1. The molecule has 1 fully saturated rings. The standard InChI is InChI=1S/C34H36N6O12/c35-25(41)11-9-22(32(49)37-16-27(43)39-23(10-12-28(44)45)33(50)40-13-3-6-24(40)34(51)52)38-26(42)15-36-31(48)17-7-8-20-21(14-17)18-4-1-2-5-19(18)29(46)30(20)47/h1-2,4-5,7-8,14,22-24H,3,6,9-13,15-16H2,(H2,35,41)(H,36,48)(H,37,49)(H,38,42)(H,39,43)(H,44,45)(H,51,52)/t22-,23-,24-/m0/s1. The van der Waals surface area contributed by atoms with Crippen LogP contribution in [-0.2, 0) is 33.6 Å². The maximum Gasteiger partial charge on any atom is 0.326 e. The van der Waals surface area contributed by atoms with E-state index in [0.717, 1.165) is 4.90 Å². The third kappa shape index (κ3) is 9.40. The number of carbonyl (C=O) groups excluding carboxylic acids is 8. The summed E-state index contributed by atoms with van der Waals surface area (Å²) in [5.41, 5.74) is 6.42. The predicted molar refractivity (Wildman–Crippen MR) is 177 cm³/mol. The number of carboxylic acids is 2. The molecule has 0 spiro atoms. The van der Waals surface area contributed by atoms with Crippen molar-refractivity contribution in [3.8, 4) is 11.1 Å². The maximum absolute atomic E-state index is 13.1. The number of amides is 6. The molecule has 1 aliphatic heterocycles. The van der Waals surface area contributed by atoms with Crippen LogP contribution < -0.4 is 27.0 Å². The summed E-state index contributed by atoms with van der Waals surface area (Å²) in [5.74, 6) is -8.91. The van der Waals surface area contributed by atoms with Gasteiger partial charge in [-0.15, -0.1) is 0 Å². The zero-order valence-electron chi connectivity index (χ0n) is 27.6. The minimum Gasteiger partial charge on any atom is -0.481 e. The van der Waals surface area contributed by atoms with Crippen LogP contribution in [0.25, 0.3) is 11.1 Å². The van der Waals surface area contributed by atoms with Crippen molar-refractivity contribution in [1.29, 1.82) is 0 Å². The van der Waals surface area contributed by atoms with Gasteiger partial charge in [0.05, 0.1) is 13.1 Å². The number of nitrogens with two attached hydrogens (primary N) is 1. The number of primary amides is 1. The van der Waals surface area contributed by atoms with Crippen LogP contribution in [0.2, 0.25) is 0 Å². The molecule has 18 heteroatoms. The number of carboxylic acid groups (broad SMARTS) is 2. The number of Topliss-reactive ketones (excluding diaryl/α,β-unsaturated/α-hetero) is 2. The van der Waals surface area contributed by atoms with Crippen molar-refractivity contribution in [3.63, 3.8) is 0 Å². The van der Waals surface area contributed by atoms with E-state index in [0.29, 0.717) is 17.5 Å². The van der Waals surface area contributed by atoms with Crippen molar-refractivity contribution >= 4 is 58.9 Å². The first-order valence-corrected chi connectivity index (χ1v) is 16.2. The number of nitrogens with zero attached hydrogens (tertiary/aromatic N) is 1. The highest BCUT2D eigenvalue weighted by atomic mass is 16.4. The number of aliphatic carboxylic acids is 2. The van der Waals surface area contributed by atoms with Crippen LogP contribution in [0.1, 0.15) is 69.6 Å². The summed E-state index contributed by atoms with van der Waals surface area (Å²) in [6, 6.07) is 6.54. The van der Waals surface area contributed by atoms with Crippen LogP contribution in [0.3, 0.4) is 0 Å². The summed E-state index contributed by atoms with van der Waals surface area (Å²) in [4.78, 5) is 125. The van der Waals surface area contributed by atoms with Crippen LogP contribution in [0.15, 0.2) is 42.5 Å². The van der Waals surface area contributed by atoms with Gasteiger partial charge in [0, 0.05) is 36.1 Å². The molecule has 4 rings (SSSR count). The third-order valence-corrected chi connectivity index (χ3v) is 8.46. The van der Waals surface area contributed by atoms with Crippen LogP contribution in [0.4, 0.5) is 0 Å². The zero-order chi connectivity index (χ0) is 38.1. The molecule has 1 heterocycles. The lowest BCUT2D eigenvalue weighted by Gasteiger charge is -2.27. The number of nitrogens with one attached hydrogen (secondary N) is 4. The molecule has 2 aliphatic rings. The van der Waals surface area contributed by atoms with Crippen molar-refractivity contribution in [2.75, 3.05) is 19.6 Å². The lowest BCUT2D eigenvalue weighted by molar-refractivity contribution is -0.149. The van der Waals surface area contributed by atoms with Gasteiger partial charge in [-0.05, 0) is 55.0 Å². The van der Waals surface area contributed by atoms with E-state index in [1.165, 1.54) is 24.3 Å². The van der Waals surface area contributed by atoms with E-state index >= 15 is 0 Å². The summed E-state index contributed by atoms with van der Waals surface area (Å²) in [5, 5.41) is 27.9. The van der Waals surface area contributed by atoms with Gasteiger partial charge in [-0.3, -0.25) is 43.2 Å². The van der Waals surface area contributed by atoms with Gasteiger partial charge < -0.3 is 42.1 Å². The summed E-state index contributed by atoms with van der Waals surface area (Å²) in [6.07, 6.45) is -0.919. The number of rotatable bonds is 16. The highest BCUT2D eigenvalue weighted by Gasteiger charge is 2.38. The molecule has 6 amide bonds. The summed E-state index contributed by atoms with van der Waals surface area (Å²) < 4.78 is 0. The number of hydrogen-bond donors (Lipinski definition) is 7. The monoisotopic (exact) mass is 720 g/mol. The first kappa shape index (κ1) is 38.3. The highest BCUT2D eigenvalue weighted by Crippen LogP contribution is 2.34. The second-order valence-electron chi connectivity index (χ2n) is 12.1. The third-order valence-electron chi connectivity index (χ3n) is 8.46. The second-order valence-corrected chi connectivity index (χ2v) is 12.1. The second kappa shape index (κ2) is 17.0. The van der Waals surface area contributed by atoms with Crippen molar-refractivity contribution in [2.45, 2.75) is 56.7 Å². The molecule has 2 aromatic rings. The first-order chi connectivity index (χ1) is 24.7. The van der Waals surface area contributed by atoms with Crippen molar-refractivity contribution in [1.82, 2.24) is 26.2 Å². The molecule has 0 saturated carbocycles. The summed E-state index contributed by atoms with van der Waals surface area (Å²) >= 11 is 0. The Morgan fingerprint density at radius 3 is 2.00 bits per heavy atom. The predicted octanol–water partition coefficient (Wildman–Crippen LogP) is -1.25. The smallest absolute Gasteiger partial charge is 0.326 e. The molecule has 2 aromatic carbocycles. The molecule has 0 unspecified atom stereocenters. The molecular weight excluding hydrogens is 684 g/mol. The van der Waals surface area contributed by atoms with E-state index < -0.39 is 96.6 Å². The molecule has 18 nitrogen and oxygen atoms in total. The SMILES string of the molecule is NC(=O)CC[C@H](NC(=O)CNC(=O)c1ccc2c(c1)-c1ccccc1C(=O)C2=O)C(=O)NCC(=O)N[C@@H](CCC(=O)O)C(=O)N1CCC[C@H]1C(=O)O. The van der Waals surface area contributed by atoms with Crippen molar-refractivity contribution < 1.29 is 58.2 Å². The minimum atomic E-state index is -1.40. The Morgan fingerprint density at radius 2 is 1.37 bits per heavy atom. The lowest BCUT2D eigenvalue weighted by atomic mass is 9.83. The van der Waals surface area contributed by atoms with Crippen molar-refractivity contribution in [2.24, 2.45) is 5.73 Å². The minimum absolute atomic E-state index is 0.0703. The van der Waals surface area contributed by atoms with E-state index in [1.807, 2.05) is 0 Å². The Morgan fingerprint density at radius 1 is 0.769 bits per heavy atom. The largest absolute Gasteiger partial charge is 0.481 e. The van der Waals surface area contributed by atoms with Gasteiger partial charge in [-0.2, -0.15) is 0 Å². The highest BCUT2D eigenvalue weighted by molar-refractivity contribution is 6.53. The van der Waals surface area contributed by atoms with Gasteiger partial charge in [-0.25, -0.2) is 4.79 Å². The molecule has 274 valence electrons. The molecule has 0 aromatic heterocycles. The zero-order valence-corrected chi connectivity index (χ0v) is 27.6. The van der Waals surface area contributed by atoms with E-state index in [9.17, 15) is 53.1 Å². The molecule has 8 N–H and O–H groups in total. The Hall–Kier alpha value is -6.46. The summed E-state index contributed by atoms with van der Waals surface area (Å²) in [7, 11) is 0. The first-order valence-electron chi connectivity index (χ1n) is 16.2. The molecule has 0 radical (unpaired) electrons. The molecular formula is C34H36N6O12. The van der Waals surface area contributed by atoms with E-state index in [-0.39, 0.29) is 48.9 Å². The van der Waals surface area contributed by atoms with Gasteiger partial charge in [-0.1, -0.05) is 24.3 Å². The lowest BCUT2D eigenvalue weighted by Crippen LogP contribution is -2.54. The quantitative estimate of drug-likeness (QED) is 0.100. The number of ketones is 2. The number of carbonyl (C=O) groups is 10. The van der Waals surface area contributed by atoms with Crippen LogP contribution in [0.5, 0.6) is 0 Å². The van der Waals surface area contributed by atoms with E-state index in [1.54, 1.807) is 18.2 Å². The van der Waals surface area contributed by atoms with Gasteiger partial charge >= 0.3 is 11.9 Å². The Bertz CT molecular complexity index is 1840. The average Bonchev–Trinajstić information content (AvgIpc) is 3.62. The number of hydrogen-bond acceptors (Lipinski definition) is 10.